The van der Waals surface area contributed by atoms with Crippen molar-refractivity contribution < 1.29 is 19.1 Å². The lowest BCUT2D eigenvalue weighted by atomic mass is 10.2. The highest BCUT2D eigenvalue weighted by atomic mass is 32.2. The van der Waals surface area contributed by atoms with Gasteiger partial charge in [0.05, 0.1) is 25.5 Å². The molecule has 0 aliphatic carbocycles. The highest BCUT2D eigenvalue weighted by Gasteiger charge is 2.26. The molecule has 0 bridgehead atoms. The third-order valence-corrected chi connectivity index (χ3v) is 5.76. The highest BCUT2D eigenvalue weighted by molar-refractivity contribution is 7.99. The number of anilines is 3. The minimum Gasteiger partial charge on any atom is -0.497 e. The summed E-state index contributed by atoms with van der Waals surface area (Å²) >= 11 is 1.33. The molecule has 1 aliphatic heterocycles. The topological polar surface area (TPSA) is 98.6 Å². The summed E-state index contributed by atoms with van der Waals surface area (Å²) in [6, 6.07) is 14.3. The van der Waals surface area contributed by atoms with Crippen LogP contribution in [0.2, 0.25) is 0 Å². The van der Waals surface area contributed by atoms with Gasteiger partial charge in [0.2, 0.25) is 11.9 Å². The van der Waals surface area contributed by atoms with Crippen LogP contribution in [0.4, 0.5) is 17.3 Å². The van der Waals surface area contributed by atoms with Gasteiger partial charge in [-0.2, -0.15) is 0 Å². The van der Waals surface area contributed by atoms with Gasteiger partial charge in [0.1, 0.15) is 5.75 Å². The van der Waals surface area contributed by atoms with Crippen molar-refractivity contribution in [1.29, 1.82) is 0 Å². The van der Waals surface area contributed by atoms with Crippen LogP contribution in [0, 0.1) is 0 Å². The van der Waals surface area contributed by atoms with Crippen molar-refractivity contribution in [2.24, 2.45) is 0 Å². The fourth-order valence-corrected chi connectivity index (χ4v) is 3.98. The van der Waals surface area contributed by atoms with Crippen molar-refractivity contribution in [3.05, 3.63) is 54.1 Å². The average molecular weight is 439 g/mol. The highest BCUT2D eigenvalue weighted by Crippen LogP contribution is 2.32. The van der Waals surface area contributed by atoms with E-state index < -0.39 is 5.97 Å². The number of hydrogen-bond acceptors (Lipinski definition) is 8. The van der Waals surface area contributed by atoms with Gasteiger partial charge in [0, 0.05) is 24.5 Å². The maximum atomic E-state index is 12.3. The standard InChI is InChI=1S/C21H21N5O4S/c1-29-17-9-7-16(8-10-17)25-11-12-26-20(25)23-24-21(26)31-13-18(27)22-15-5-3-14(4-6-15)19(28)30-2/h3-10H,11-13H2,1-2H3,(H,22,27). The van der Waals surface area contributed by atoms with E-state index in [9.17, 15) is 9.59 Å². The first-order valence-corrected chi connectivity index (χ1v) is 10.5. The maximum absolute atomic E-state index is 12.3. The molecule has 1 aromatic heterocycles. The van der Waals surface area contributed by atoms with Gasteiger partial charge in [-0.25, -0.2) is 4.79 Å². The monoisotopic (exact) mass is 439 g/mol. The molecule has 1 aliphatic rings. The molecule has 0 unspecified atom stereocenters. The molecule has 3 aromatic rings. The number of fused-ring (bicyclic) bond motifs is 1. The number of amides is 1. The number of thioether (sulfide) groups is 1. The number of ether oxygens (including phenoxy) is 2. The lowest BCUT2D eigenvalue weighted by Gasteiger charge is -2.15. The molecule has 2 heterocycles. The van der Waals surface area contributed by atoms with Crippen molar-refractivity contribution in [2.75, 3.05) is 36.7 Å². The van der Waals surface area contributed by atoms with E-state index in [0.717, 1.165) is 30.5 Å². The Morgan fingerprint density at radius 1 is 1.03 bits per heavy atom. The van der Waals surface area contributed by atoms with Crippen LogP contribution in [0.5, 0.6) is 5.75 Å². The molecule has 0 atom stereocenters. The first kappa shape index (κ1) is 20.7. The fourth-order valence-electron chi connectivity index (χ4n) is 3.22. The van der Waals surface area contributed by atoms with E-state index in [-0.39, 0.29) is 11.7 Å². The summed E-state index contributed by atoms with van der Waals surface area (Å²) in [5, 5.41) is 12.1. The Balaban J connectivity index is 1.36. The van der Waals surface area contributed by atoms with Crippen LogP contribution in [0.25, 0.3) is 0 Å². The number of nitrogens with zero attached hydrogens (tertiary/aromatic N) is 4. The smallest absolute Gasteiger partial charge is 0.337 e. The van der Waals surface area contributed by atoms with Crippen LogP contribution < -0.4 is 15.0 Å². The fraction of sp³-hybridized carbons (Fsp3) is 0.238. The Bertz CT molecular complexity index is 1080. The Labute approximate surface area is 183 Å². The van der Waals surface area contributed by atoms with Crippen molar-refractivity contribution in [1.82, 2.24) is 14.8 Å². The molecule has 0 radical (unpaired) electrons. The van der Waals surface area contributed by atoms with Gasteiger partial charge in [-0.1, -0.05) is 11.8 Å². The second kappa shape index (κ2) is 9.09. The number of carbonyl (C=O) groups excluding carboxylic acids is 2. The van der Waals surface area contributed by atoms with Crippen LogP contribution in [0.15, 0.2) is 53.7 Å². The molecule has 2 aromatic carbocycles. The predicted molar refractivity (Wildman–Crippen MR) is 117 cm³/mol. The number of nitrogens with one attached hydrogen (secondary N) is 1. The number of esters is 1. The van der Waals surface area contributed by atoms with Gasteiger partial charge >= 0.3 is 5.97 Å². The van der Waals surface area contributed by atoms with Gasteiger partial charge in [-0.05, 0) is 48.5 Å². The number of hydrogen-bond donors (Lipinski definition) is 1. The lowest BCUT2D eigenvalue weighted by molar-refractivity contribution is -0.113. The van der Waals surface area contributed by atoms with E-state index in [4.69, 9.17) is 4.74 Å². The summed E-state index contributed by atoms with van der Waals surface area (Å²) in [4.78, 5) is 25.9. The van der Waals surface area contributed by atoms with Crippen LogP contribution in [-0.4, -0.2) is 53.2 Å². The van der Waals surface area contributed by atoms with Crippen LogP contribution in [0.3, 0.4) is 0 Å². The number of carbonyl (C=O) groups is 2. The molecule has 0 saturated heterocycles. The van der Waals surface area contributed by atoms with E-state index in [1.165, 1.54) is 18.9 Å². The zero-order valence-electron chi connectivity index (χ0n) is 17.1. The SMILES string of the molecule is COC(=O)c1ccc(NC(=O)CSc2nnc3n2CCN3c2ccc(OC)cc2)cc1. The largest absolute Gasteiger partial charge is 0.497 e. The molecule has 0 saturated carbocycles. The summed E-state index contributed by atoms with van der Waals surface area (Å²) in [5.74, 6) is 1.16. The number of methoxy groups -OCH3 is 2. The Morgan fingerprint density at radius 3 is 2.45 bits per heavy atom. The summed E-state index contributed by atoms with van der Waals surface area (Å²) in [6.45, 7) is 1.52. The Hall–Kier alpha value is -3.53. The van der Waals surface area contributed by atoms with E-state index in [1.807, 2.05) is 28.8 Å². The molecule has 1 N–H and O–H groups in total. The summed E-state index contributed by atoms with van der Waals surface area (Å²) in [5.41, 5.74) is 2.04. The summed E-state index contributed by atoms with van der Waals surface area (Å²) in [7, 11) is 2.96. The number of aromatic nitrogens is 3. The van der Waals surface area contributed by atoms with Crippen molar-refractivity contribution in [2.45, 2.75) is 11.7 Å². The van der Waals surface area contributed by atoms with Crippen LogP contribution in [-0.2, 0) is 16.1 Å². The van der Waals surface area contributed by atoms with Gasteiger partial charge in [-0.15, -0.1) is 10.2 Å². The molecule has 31 heavy (non-hydrogen) atoms. The third kappa shape index (κ3) is 4.48. The molecule has 9 nitrogen and oxygen atoms in total. The quantitative estimate of drug-likeness (QED) is 0.443. The van der Waals surface area contributed by atoms with Crippen LogP contribution in [0.1, 0.15) is 10.4 Å². The van der Waals surface area contributed by atoms with Crippen molar-refractivity contribution in [3.8, 4) is 5.75 Å². The molecular weight excluding hydrogens is 418 g/mol. The first-order valence-electron chi connectivity index (χ1n) is 9.55. The minimum atomic E-state index is -0.419. The molecule has 1 amide bonds. The molecule has 160 valence electrons. The van der Waals surface area contributed by atoms with E-state index >= 15 is 0 Å². The second-order valence-electron chi connectivity index (χ2n) is 6.69. The molecule has 0 fully saturated rings. The zero-order valence-corrected chi connectivity index (χ0v) is 17.9. The minimum absolute atomic E-state index is 0.168. The normalized spacial score (nSPS) is 12.4. The van der Waals surface area contributed by atoms with Gasteiger partial charge in [0.15, 0.2) is 5.16 Å². The summed E-state index contributed by atoms with van der Waals surface area (Å²) in [6.07, 6.45) is 0. The van der Waals surface area contributed by atoms with Crippen LogP contribution >= 0.6 is 11.8 Å². The van der Waals surface area contributed by atoms with E-state index in [1.54, 1.807) is 31.4 Å². The first-order chi connectivity index (χ1) is 15.1. The molecule has 4 rings (SSSR count). The second-order valence-corrected chi connectivity index (χ2v) is 7.63. The predicted octanol–water partition coefficient (Wildman–Crippen LogP) is 2.96. The number of benzene rings is 2. The van der Waals surface area contributed by atoms with E-state index in [0.29, 0.717) is 16.4 Å². The van der Waals surface area contributed by atoms with Gasteiger partial charge in [-0.3, -0.25) is 9.36 Å². The lowest BCUT2D eigenvalue weighted by Crippen LogP contribution is -2.15. The summed E-state index contributed by atoms with van der Waals surface area (Å²) < 4.78 is 11.9. The zero-order chi connectivity index (χ0) is 21.8. The average Bonchev–Trinajstić information content (AvgIpc) is 3.40. The Morgan fingerprint density at radius 2 is 1.77 bits per heavy atom. The molecule has 10 heteroatoms. The third-order valence-electron chi connectivity index (χ3n) is 4.79. The molecule has 0 spiro atoms. The van der Waals surface area contributed by atoms with Gasteiger partial charge in [0.25, 0.3) is 0 Å². The van der Waals surface area contributed by atoms with Crippen molar-refractivity contribution in [3.63, 3.8) is 0 Å². The maximum Gasteiger partial charge on any atom is 0.337 e. The Kier molecular flexibility index (Phi) is 6.08. The van der Waals surface area contributed by atoms with E-state index in [2.05, 4.69) is 25.2 Å². The molecular formula is C21H21N5O4S. The van der Waals surface area contributed by atoms with Gasteiger partial charge < -0.3 is 19.7 Å². The van der Waals surface area contributed by atoms with Crippen molar-refractivity contribution >= 4 is 41.0 Å². The number of rotatable bonds is 7.